The summed E-state index contributed by atoms with van der Waals surface area (Å²) >= 11 is 12.5. The van der Waals surface area contributed by atoms with Crippen LogP contribution in [0.2, 0.25) is 10.2 Å². The quantitative estimate of drug-likeness (QED) is 0.625. The largest absolute Gasteiger partial charge is 0.233 e. The maximum absolute atomic E-state index is 6.27. The van der Waals surface area contributed by atoms with Crippen molar-refractivity contribution >= 4 is 28.8 Å². The van der Waals surface area contributed by atoms with Gasteiger partial charge in [0.1, 0.15) is 5.15 Å². The van der Waals surface area contributed by atoms with E-state index >= 15 is 0 Å². The minimum Gasteiger partial charge on any atom is -0.233 e. The first kappa shape index (κ1) is 12.5. The Morgan fingerprint density at radius 1 is 1.11 bits per heavy atom. The van der Waals surface area contributed by atoms with Crippen LogP contribution in [-0.4, -0.2) is 14.6 Å². The molecule has 0 saturated heterocycles. The Bertz CT molecular complexity index is 778. The molecule has 0 saturated carbocycles. The molecule has 0 aliphatic rings. The number of aromatic nitrogens is 3. The third-order valence-corrected chi connectivity index (χ3v) is 3.59. The van der Waals surface area contributed by atoms with Gasteiger partial charge in [-0.1, -0.05) is 41.4 Å². The summed E-state index contributed by atoms with van der Waals surface area (Å²) in [5.41, 5.74) is 4.29. The lowest BCUT2D eigenvalue weighted by Crippen LogP contribution is -1.94. The average molecular weight is 292 g/mol. The number of fused-ring (bicyclic) bond motifs is 1. The van der Waals surface area contributed by atoms with Crippen LogP contribution in [0.15, 0.2) is 30.3 Å². The van der Waals surface area contributed by atoms with E-state index in [4.69, 9.17) is 23.2 Å². The maximum atomic E-state index is 6.27. The first-order chi connectivity index (χ1) is 9.08. The van der Waals surface area contributed by atoms with Crippen molar-refractivity contribution in [2.24, 2.45) is 0 Å². The molecule has 0 amide bonds. The van der Waals surface area contributed by atoms with Gasteiger partial charge in [-0.25, -0.2) is 9.50 Å². The minimum absolute atomic E-state index is 0.545. The van der Waals surface area contributed by atoms with Gasteiger partial charge in [0.25, 0.3) is 0 Å². The zero-order valence-electron chi connectivity index (χ0n) is 10.5. The van der Waals surface area contributed by atoms with E-state index in [1.807, 2.05) is 38.1 Å². The molecule has 2 aromatic heterocycles. The van der Waals surface area contributed by atoms with Crippen LogP contribution in [-0.2, 0) is 0 Å². The summed E-state index contributed by atoms with van der Waals surface area (Å²) in [6.07, 6.45) is 0. The smallest absolute Gasteiger partial charge is 0.165 e. The molecule has 3 aromatic rings. The maximum Gasteiger partial charge on any atom is 0.165 e. The van der Waals surface area contributed by atoms with Crippen LogP contribution < -0.4 is 0 Å². The van der Waals surface area contributed by atoms with Crippen LogP contribution in [0.3, 0.4) is 0 Å². The molecule has 0 radical (unpaired) electrons. The van der Waals surface area contributed by atoms with Gasteiger partial charge in [0.05, 0.1) is 11.3 Å². The van der Waals surface area contributed by atoms with Crippen LogP contribution in [0.4, 0.5) is 0 Å². The first-order valence-corrected chi connectivity index (χ1v) is 6.61. The molecule has 0 unspecified atom stereocenters. The molecular weight excluding hydrogens is 281 g/mol. The molecule has 0 aliphatic carbocycles. The first-order valence-electron chi connectivity index (χ1n) is 5.85. The Morgan fingerprint density at radius 3 is 2.58 bits per heavy atom. The summed E-state index contributed by atoms with van der Waals surface area (Å²) in [6, 6.07) is 9.46. The average Bonchev–Trinajstić information content (AvgIpc) is 2.67. The van der Waals surface area contributed by atoms with Gasteiger partial charge in [-0.15, -0.1) is 0 Å². The van der Waals surface area contributed by atoms with Gasteiger partial charge in [0, 0.05) is 16.3 Å². The highest BCUT2D eigenvalue weighted by atomic mass is 35.5. The second kappa shape index (κ2) is 4.51. The fraction of sp³-hybridized carbons (Fsp3) is 0.143. The highest BCUT2D eigenvalue weighted by Gasteiger charge is 2.16. The molecule has 0 fully saturated rings. The van der Waals surface area contributed by atoms with Crippen molar-refractivity contribution in [2.45, 2.75) is 13.8 Å². The highest BCUT2D eigenvalue weighted by molar-refractivity contribution is 6.33. The molecule has 1 aromatic carbocycles. The summed E-state index contributed by atoms with van der Waals surface area (Å²) < 4.78 is 1.64. The molecular formula is C14H11Cl2N3. The molecule has 3 rings (SSSR count). The monoisotopic (exact) mass is 291 g/mol. The molecule has 3 nitrogen and oxygen atoms in total. The van der Waals surface area contributed by atoms with E-state index in [1.54, 1.807) is 10.6 Å². The van der Waals surface area contributed by atoms with Gasteiger partial charge in [-0.2, -0.15) is 5.10 Å². The van der Waals surface area contributed by atoms with Crippen molar-refractivity contribution in [2.75, 3.05) is 0 Å². The lowest BCUT2D eigenvalue weighted by Gasteiger charge is -2.04. The Labute approximate surface area is 120 Å². The number of halogens is 2. The van der Waals surface area contributed by atoms with E-state index in [-0.39, 0.29) is 0 Å². The number of hydrogen-bond acceptors (Lipinski definition) is 2. The Kier molecular flexibility index (Phi) is 2.96. The van der Waals surface area contributed by atoms with Crippen molar-refractivity contribution in [1.82, 2.24) is 14.6 Å². The van der Waals surface area contributed by atoms with Gasteiger partial charge in [-0.3, -0.25) is 0 Å². The van der Waals surface area contributed by atoms with Gasteiger partial charge in [0.15, 0.2) is 5.65 Å². The van der Waals surface area contributed by atoms with Crippen LogP contribution in [0.1, 0.15) is 11.4 Å². The second-order valence-electron chi connectivity index (χ2n) is 4.40. The van der Waals surface area contributed by atoms with Crippen LogP contribution in [0, 0.1) is 13.8 Å². The summed E-state index contributed by atoms with van der Waals surface area (Å²) in [6.45, 7) is 3.84. The minimum atomic E-state index is 0.545. The van der Waals surface area contributed by atoms with E-state index in [0.29, 0.717) is 10.2 Å². The topological polar surface area (TPSA) is 30.2 Å². The van der Waals surface area contributed by atoms with Crippen molar-refractivity contribution in [3.8, 4) is 11.1 Å². The van der Waals surface area contributed by atoms with E-state index < -0.39 is 0 Å². The molecule has 0 spiro atoms. The van der Waals surface area contributed by atoms with E-state index in [9.17, 15) is 0 Å². The number of rotatable bonds is 1. The molecule has 0 N–H and O–H groups in total. The zero-order chi connectivity index (χ0) is 13.6. The third kappa shape index (κ3) is 1.99. The standard InChI is InChI=1S/C14H11Cl2N3/c1-8-7-12(16)19-14(17-8)13(9(2)18-19)10-5-3-4-6-11(10)15/h3-7H,1-2H3. The van der Waals surface area contributed by atoms with Gasteiger partial charge >= 0.3 is 0 Å². The fourth-order valence-electron chi connectivity index (χ4n) is 2.18. The molecule has 2 heterocycles. The van der Waals surface area contributed by atoms with Crippen LogP contribution in [0.25, 0.3) is 16.8 Å². The van der Waals surface area contributed by atoms with Crippen molar-refractivity contribution in [1.29, 1.82) is 0 Å². The van der Waals surface area contributed by atoms with E-state index in [0.717, 1.165) is 28.2 Å². The Balaban J connectivity index is 2.42. The fourth-order valence-corrected chi connectivity index (χ4v) is 2.69. The second-order valence-corrected chi connectivity index (χ2v) is 5.19. The molecule has 19 heavy (non-hydrogen) atoms. The normalized spacial score (nSPS) is 11.2. The molecule has 0 aliphatic heterocycles. The predicted octanol–water partition coefficient (Wildman–Crippen LogP) is 4.32. The number of benzene rings is 1. The van der Waals surface area contributed by atoms with Crippen molar-refractivity contribution in [3.05, 3.63) is 51.9 Å². The Morgan fingerprint density at radius 2 is 1.84 bits per heavy atom. The number of hydrogen-bond donors (Lipinski definition) is 0. The third-order valence-electron chi connectivity index (χ3n) is 2.99. The summed E-state index contributed by atoms with van der Waals surface area (Å²) in [7, 11) is 0. The SMILES string of the molecule is Cc1cc(Cl)n2nc(C)c(-c3ccccc3Cl)c2n1. The summed E-state index contributed by atoms with van der Waals surface area (Å²) in [5.74, 6) is 0. The zero-order valence-corrected chi connectivity index (χ0v) is 12.0. The van der Waals surface area contributed by atoms with Crippen molar-refractivity contribution < 1.29 is 0 Å². The molecule has 5 heteroatoms. The van der Waals surface area contributed by atoms with E-state index in [2.05, 4.69) is 10.1 Å². The highest BCUT2D eigenvalue weighted by Crippen LogP contribution is 2.33. The summed E-state index contributed by atoms with van der Waals surface area (Å²) in [5, 5.41) is 5.66. The van der Waals surface area contributed by atoms with Crippen LogP contribution in [0.5, 0.6) is 0 Å². The van der Waals surface area contributed by atoms with Gasteiger partial charge in [-0.05, 0) is 26.0 Å². The van der Waals surface area contributed by atoms with Gasteiger partial charge < -0.3 is 0 Å². The van der Waals surface area contributed by atoms with Crippen LogP contribution >= 0.6 is 23.2 Å². The van der Waals surface area contributed by atoms with E-state index in [1.165, 1.54) is 0 Å². The number of aryl methyl sites for hydroxylation is 2. The lowest BCUT2D eigenvalue weighted by atomic mass is 10.1. The summed E-state index contributed by atoms with van der Waals surface area (Å²) in [4.78, 5) is 4.53. The molecule has 96 valence electrons. The predicted molar refractivity (Wildman–Crippen MR) is 77.9 cm³/mol. The molecule has 0 bridgehead atoms. The van der Waals surface area contributed by atoms with Crippen molar-refractivity contribution in [3.63, 3.8) is 0 Å². The number of nitrogens with zero attached hydrogens (tertiary/aromatic N) is 3. The molecule has 0 atom stereocenters. The lowest BCUT2D eigenvalue weighted by molar-refractivity contribution is 0.910. The van der Waals surface area contributed by atoms with Gasteiger partial charge in [0.2, 0.25) is 0 Å². The Hall–Kier alpha value is -1.58.